The molecular weight excluding hydrogens is 773 g/mol. The van der Waals surface area contributed by atoms with Crippen molar-refractivity contribution in [3.05, 3.63) is 24.3 Å². The molecule has 4 rings (SSSR count). The number of ketones is 2. The van der Waals surface area contributed by atoms with Crippen LogP contribution in [0.4, 0.5) is 19.7 Å². The highest BCUT2D eigenvalue weighted by Gasteiger charge is 2.61. The number of cyclic esters (lactones) is 1. The smallest absolute Gasteiger partial charge is 0.411 e. The molecule has 3 saturated heterocycles. The monoisotopic (exact) mass is 837 g/mol. The first-order valence-electron chi connectivity index (χ1n) is 20.3. The minimum Gasteiger partial charge on any atom is -0.495 e. The van der Waals surface area contributed by atoms with Gasteiger partial charge in [0.15, 0.2) is 17.7 Å². The fraction of sp³-hybridized carbons (Fsp3) is 0.738. The number of alkyl halides is 1. The van der Waals surface area contributed by atoms with Crippen LogP contribution < -0.4 is 10.1 Å². The van der Waals surface area contributed by atoms with Crippen LogP contribution in [0, 0.1) is 17.8 Å². The number of anilines is 1. The number of carbonyl (C=O) groups is 5. The summed E-state index contributed by atoms with van der Waals surface area (Å²) in [6.07, 6.45) is -6.44. The minimum atomic E-state index is -3.22. The van der Waals surface area contributed by atoms with E-state index in [2.05, 4.69) is 5.32 Å². The fourth-order valence-electron chi connectivity index (χ4n) is 9.01. The van der Waals surface area contributed by atoms with E-state index >= 15 is 4.39 Å². The Kier molecular flexibility index (Phi) is 15.6. The number of halogens is 1. The number of hydrogen-bond donors (Lipinski definition) is 2. The van der Waals surface area contributed by atoms with E-state index in [4.69, 9.17) is 33.2 Å². The average Bonchev–Trinajstić information content (AvgIpc) is 3.45. The van der Waals surface area contributed by atoms with Crippen LogP contribution in [0.25, 0.3) is 0 Å². The first kappa shape index (κ1) is 47.8. The third-order valence-corrected chi connectivity index (χ3v) is 12.3. The molecule has 1 aromatic rings. The molecule has 3 heterocycles. The van der Waals surface area contributed by atoms with E-state index in [9.17, 15) is 29.1 Å². The number of aliphatic hydroxyl groups excluding tert-OH is 1. The van der Waals surface area contributed by atoms with Crippen LogP contribution in [0.15, 0.2) is 24.3 Å². The molecule has 16 nitrogen and oxygen atoms in total. The van der Waals surface area contributed by atoms with Gasteiger partial charge in [0.25, 0.3) is 5.67 Å². The Morgan fingerprint density at radius 3 is 2.32 bits per heavy atom. The molecule has 2 amide bonds. The van der Waals surface area contributed by atoms with Crippen LogP contribution >= 0.6 is 0 Å². The number of nitrogens with one attached hydrogen (secondary N) is 1. The SMILES string of the molecule is CC[C@H]1OC(=O)[C@@](C)(F)C(=O)[C@H](C)[C@@H](O[C@@H]2O[C@H](C)C[C@H](N(C)C)[C@H]2O)[C@](C)(OC)C[C@@H](C)C(=O)[C@H](C)[C@H]2N(CCCOC(=O)Nc3ccccc3OC)C(=O)O[C@]12C. The highest BCUT2D eigenvalue weighted by Crippen LogP contribution is 2.43. The number of aliphatic hydroxyl groups is 1. The largest absolute Gasteiger partial charge is 0.495 e. The second-order valence-corrected chi connectivity index (χ2v) is 16.9. The van der Waals surface area contributed by atoms with Gasteiger partial charge in [0.05, 0.1) is 43.3 Å². The van der Waals surface area contributed by atoms with Gasteiger partial charge in [0, 0.05) is 37.5 Å². The number of ether oxygens (including phenoxy) is 7. The quantitative estimate of drug-likeness (QED) is 0.132. The number of benzene rings is 1. The van der Waals surface area contributed by atoms with Crippen molar-refractivity contribution >= 4 is 35.4 Å². The lowest BCUT2D eigenvalue weighted by Gasteiger charge is -2.47. The van der Waals surface area contributed by atoms with Gasteiger partial charge in [-0.3, -0.25) is 14.9 Å². The molecule has 1 aromatic carbocycles. The highest BCUT2D eigenvalue weighted by molar-refractivity contribution is 6.08. The Bertz CT molecular complexity index is 1680. The van der Waals surface area contributed by atoms with E-state index in [-0.39, 0.29) is 50.3 Å². The van der Waals surface area contributed by atoms with Gasteiger partial charge in [-0.25, -0.2) is 18.8 Å². The molecule has 0 bridgehead atoms. The van der Waals surface area contributed by atoms with Crippen LogP contribution in [0.2, 0.25) is 0 Å². The van der Waals surface area contributed by atoms with Crippen LogP contribution in [0.1, 0.15) is 81.1 Å². The van der Waals surface area contributed by atoms with Crippen molar-refractivity contribution in [2.75, 3.05) is 46.8 Å². The average molecular weight is 838 g/mol. The Labute approximate surface area is 346 Å². The summed E-state index contributed by atoms with van der Waals surface area (Å²) < 4.78 is 57.8. The summed E-state index contributed by atoms with van der Waals surface area (Å²) in [5.74, 6) is -5.71. The first-order chi connectivity index (χ1) is 27.6. The van der Waals surface area contributed by atoms with E-state index in [0.717, 1.165) is 6.92 Å². The van der Waals surface area contributed by atoms with E-state index in [0.29, 0.717) is 17.9 Å². The summed E-state index contributed by atoms with van der Waals surface area (Å²) in [5, 5.41) is 14.0. The summed E-state index contributed by atoms with van der Waals surface area (Å²) in [5.41, 5.74) is -6.00. The number of methoxy groups -OCH3 is 2. The van der Waals surface area contributed by atoms with Crippen molar-refractivity contribution in [1.82, 2.24) is 9.80 Å². The lowest BCUT2D eigenvalue weighted by atomic mass is 9.73. The summed E-state index contributed by atoms with van der Waals surface area (Å²) in [6, 6.07) is 5.35. The van der Waals surface area contributed by atoms with Crippen molar-refractivity contribution in [3.8, 4) is 5.75 Å². The molecule has 0 aliphatic carbocycles. The first-order valence-corrected chi connectivity index (χ1v) is 20.3. The normalized spacial score (nSPS) is 37.3. The number of rotatable bonds is 11. The Hall–Kier alpha value is -3.90. The molecular formula is C42H64FN3O13. The highest BCUT2D eigenvalue weighted by atomic mass is 19.1. The number of esters is 1. The van der Waals surface area contributed by atoms with Crippen LogP contribution in [0.5, 0.6) is 5.75 Å². The van der Waals surface area contributed by atoms with Crippen molar-refractivity contribution in [2.45, 2.75) is 141 Å². The molecule has 0 aromatic heterocycles. The van der Waals surface area contributed by atoms with Gasteiger partial charge in [0.1, 0.15) is 23.7 Å². The Balaban J connectivity index is 1.68. The number of para-hydroxylation sites is 2. The maximum atomic E-state index is 16.9. The molecule has 59 heavy (non-hydrogen) atoms. The van der Waals surface area contributed by atoms with Crippen molar-refractivity contribution in [3.63, 3.8) is 0 Å². The Morgan fingerprint density at radius 1 is 1.05 bits per heavy atom. The lowest BCUT2D eigenvalue weighted by molar-refractivity contribution is -0.295. The third-order valence-electron chi connectivity index (χ3n) is 12.3. The second kappa shape index (κ2) is 19.2. The summed E-state index contributed by atoms with van der Waals surface area (Å²) >= 11 is 0. The maximum Gasteiger partial charge on any atom is 0.411 e. The number of Topliss-reactive ketones (excluding diaryl/α,β-unsaturated/α-hetero) is 2. The molecule has 0 spiro atoms. The van der Waals surface area contributed by atoms with Gasteiger partial charge in [-0.15, -0.1) is 0 Å². The zero-order valence-electron chi connectivity index (χ0n) is 36.4. The number of nitrogens with zero attached hydrogens (tertiary/aromatic N) is 2. The van der Waals surface area contributed by atoms with Crippen LogP contribution in [0.3, 0.4) is 0 Å². The van der Waals surface area contributed by atoms with E-state index in [1.54, 1.807) is 66.1 Å². The summed E-state index contributed by atoms with van der Waals surface area (Å²) in [6.45, 7) is 12.0. The second-order valence-electron chi connectivity index (χ2n) is 16.9. The van der Waals surface area contributed by atoms with Crippen molar-refractivity contribution in [2.24, 2.45) is 17.8 Å². The van der Waals surface area contributed by atoms with Crippen molar-refractivity contribution in [1.29, 1.82) is 0 Å². The third kappa shape index (κ3) is 10.0. The van der Waals surface area contributed by atoms with E-state index in [1.165, 1.54) is 33.0 Å². The van der Waals surface area contributed by atoms with Gasteiger partial charge >= 0.3 is 18.2 Å². The summed E-state index contributed by atoms with van der Waals surface area (Å²) in [7, 11) is 6.45. The number of carbonyl (C=O) groups excluding carboxylic acids is 5. The molecule has 3 aliphatic heterocycles. The standard InChI is InChI=1S/C42H64FN3O13/c1-13-30-42(8)33(46(39(52)59-42)19-16-20-55-38(51)44-27-17-14-15-18-29(27)53-11)25(4)31(47)23(2)22-40(6,54-12)35(26(5)34(49)41(7,43)37(50)57-30)58-36-32(48)28(45(9)10)21-24(3)56-36/h14-15,17-18,23-26,28,30,32-33,35-36,48H,13,16,19-22H2,1-12H3,(H,44,51)/t23-,24-,25+,26+,28+,30-,32-,33-,35-,36+,40-,41+,42-/m1/s1. The van der Waals surface area contributed by atoms with Gasteiger partial charge in [-0.2, -0.15) is 0 Å². The molecule has 0 radical (unpaired) electrons. The number of likely N-dealkylation sites (N-methyl/N-ethyl adjacent to an activating group) is 1. The zero-order valence-corrected chi connectivity index (χ0v) is 36.4. The topological polar surface area (TPSA) is 189 Å². The predicted molar refractivity (Wildman–Crippen MR) is 212 cm³/mol. The Morgan fingerprint density at radius 2 is 1.71 bits per heavy atom. The van der Waals surface area contributed by atoms with Gasteiger partial charge in [-0.05, 0) is 79.6 Å². The van der Waals surface area contributed by atoms with Gasteiger partial charge in [0.2, 0.25) is 0 Å². The number of amides is 2. The van der Waals surface area contributed by atoms with E-state index in [1.807, 2.05) is 11.8 Å². The molecule has 0 unspecified atom stereocenters. The molecule has 332 valence electrons. The zero-order chi connectivity index (χ0) is 44.2. The maximum absolute atomic E-state index is 16.9. The van der Waals surface area contributed by atoms with E-state index < -0.39 is 89.2 Å². The molecule has 3 aliphatic rings. The molecule has 0 saturated carbocycles. The van der Waals surface area contributed by atoms with Crippen LogP contribution in [-0.2, 0) is 42.8 Å². The fourth-order valence-corrected chi connectivity index (χ4v) is 9.01. The minimum absolute atomic E-state index is 0.0258. The molecule has 17 heteroatoms. The van der Waals surface area contributed by atoms with Crippen molar-refractivity contribution < 1.29 is 66.6 Å². The number of fused-ring (bicyclic) bond motifs is 1. The van der Waals surface area contributed by atoms with Crippen LogP contribution in [-0.4, -0.2) is 146 Å². The van der Waals surface area contributed by atoms with Gasteiger partial charge in [-0.1, -0.05) is 39.8 Å². The molecule has 13 atom stereocenters. The van der Waals surface area contributed by atoms with Gasteiger partial charge < -0.3 is 48.1 Å². The lowest BCUT2D eigenvalue weighted by Crippen LogP contribution is -2.61. The predicted octanol–water partition coefficient (Wildman–Crippen LogP) is 4.93. The molecule has 3 fully saturated rings. The molecule has 2 N–H and O–H groups in total. The summed E-state index contributed by atoms with van der Waals surface area (Å²) in [4.78, 5) is 72.3. The number of hydrogen-bond acceptors (Lipinski definition) is 14.